The lowest BCUT2D eigenvalue weighted by atomic mass is 10.2. The number of ether oxygens (including phenoxy) is 1. The first-order chi connectivity index (χ1) is 10.1. The third-order valence-corrected chi connectivity index (χ3v) is 3.19. The highest BCUT2D eigenvalue weighted by molar-refractivity contribution is 5.76. The summed E-state index contributed by atoms with van der Waals surface area (Å²) in [6.07, 6.45) is 0.943. The number of esters is 1. The second kappa shape index (κ2) is 9.34. The zero-order chi connectivity index (χ0) is 15.7. The molecule has 0 saturated heterocycles. The van der Waals surface area contributed by atoms with Gasteiger partial charge in [-0.05, 0) is 51.1 Å². The van der Waals surface area contributed by atoms with Crippen molar-refractivity contribution < 1.29 is 13.9 Å². The minimum atomic E-state index is -0.380. The number of rotatable bonds is 9. The lowest BCUT2D eigenvalue weighted by molar-refractivity contribution is -0.145. The molecule has 21 heavy (non-hydrogen) atoms. The van der Waals surface area contributed by atoms with E-state index in [4.69, 9.17) is 4.74 Å². The van der Waals surface area contributed by atoms with E-state index < -0.39 is 0 Å². The van der Waals surface area contributed by atoms with Crippen molar-refractivity contribution >= 4 is 11.7 Å². The molecule has 118 valence electrons. The molecule has 0 radical (unpaired) electrons. The Balaban J connectivity index is 2.77. The van der Waals surface area contributed by atoms with Crippen molar-refractivity contribution in [3.63, 3.8) is 0 Å². The average Bonchev–Trinajstić information content (AvgIpc) is 2.49. The predicted molar refractivity (Wildman–Crippen MR) is 83.0 cm³/mol. The molecule has 0 aliphatic heterocycles. The lowest BCUT2D eigenvalue weighted by Crippen LogP contribution is -2.47. The van der Waals surface area contributed by atoms with Gasteiger partial charge < -0.3 is 15.0 Å². The number of anilines is 1. The Morgan fingerprint density at radius 1 is 1.29 bits per heavy atom. The van der Waals surface area contributed by atoms with Gasteiger partial charge in [-0.3, -0.25) is 4.79 Å². The molecule has 1 atom stereocenters. The van der Waals surface area contributed by atoms with Crippen LogP contribution < -0.4 is 10.2 Å². The summed E-state index contributed by atoms with van der Waals surface area (Å²) in [6.45, 7) is 8.21. The molecule has 1 aromatic carbocycles. The Labute approximate surface area is 126 Å². The molecule has 1 unspecified atom stereocenters. The Bertz CT molecular complexity index is 423. The molecule has 4 nitrogen and oxygen atoms in total. The summed E-state index contributed by atoms with van der Waals surface area (Å²) in [5, 5.41) is 3.21. The number of nitrogens with one attached hydrogen (secondary N) is 1. The quantitative estimate of drug-likeness (QED) is 0.711. The molecule has 0 bridgehead atoms. The van der Waals surface area contributed by atoms with Crippen molar-refractivity contribution in [1.82, 2.24) is 5.32 Å². The molecule has 5 heteroatoms. The van der Waals surface area contributed by atoms with Gasteiger partial charge >= 0.3 is 5.97 Å². The van der Waals surface area contributed by atoms with Crippen molar-refractivity contribution in [2.75, 3.05) is 31.1 Å². The fourth-order valence-electron chi connectivity index (χ4n) is 2.07. The van der Waals surface area contributed by atoms with Crippen LogP contribution in [0.4, 0.5) is 10.1 Å². The number of halogens is 1. The Morgan fingerprint density at radius 3 is 2.48 bits per heavy atom. The summed E-state index contributed by atoms with van der Waals surface area (Å²) in [5.41, 5.74) is 0.895. The highest BCUT2D eigenvalue weighted by atomic mass is 19.1. The van der Waals surface area contributed by atoms with Gasteiger partial charge in [0.2, 0.25) is 0 Å². The Hall–Kier alpha value is -1.62. The van der Waals surface area contributed by atoms with Crippen LogP contribution in [0.2, 0.25) is 0 Å². The van der Waals surface area contributed by atoms with E-state index in [0.717, 1.165) is 25.2 Å². The summed E-state index contributed by atoms with van der Waals surface area (Å²) in [7, 11) is 0. The van der Waals surface area contributed by atoms with Gasteiger partial charge in [0.25, 0.3) is 0 Å². The van der Waals surface area contributed by atoms with Crippen LogP contribution in [0.25, 0.3) is 0 Å². The maximum Gasteiger partial charge on any atom is 0.324 e. The summed E-state index contributed by atoms with van der Waals surface area (Å²) in [4.78, 5) is 14.0. The van der Waals surface area contributed by atoms with Crippen molar-refractivity contribution in [1.29, 1.82) is 0 Å². The molecule has 1 rings (SSSR count). The van der Waals surface area contributed by atoms with E-state index >= 15 is 0 Å². The molecule has 0 aliphatic rings. The third-order valence-electron chi connectivity index (χ3n) is 3.19. The maximum atomic E-state index is 13.0. The largest absolute Gasteiger partial charge is 0.465 e. The molecular formula is C16H25FN2O2. The standard InChI is InChI=1S/C16H25FN2O2/c1-4-11-18-15(16(20)21-6-3)12-19(5-2)14-9-7-13(17)8-10-14/h7-10,15,18H,4-6,11-12H2,1-3H3. The van der Waals surface area contributed by atoms with E-state index in [2.05, 4.69) is 5.32 Å². The number of nitrogens with zero attached hydrogens (tertiary/aromatic N) is 1. The van der Waals surface area contributed by atoms with E-state index in [1.54, 1.807) is 19.1 Å². The monoisotopic (exact) mass is 296 g/mol. The van der Waals surface area contributed by atoms with Crippen LogP contribution in [0.15, 0.2) is 24.3 Å². The number of hydrogen-bond acceptors (Lipinski definition) is 4. The maximum absolute atomic E-state index is 13.0. The first kappa shape index (κ1) is 17.4. The molecule has 0 heterocycles. The number of likely N-dealkylation sites (N-methyl/N-ethyl adjacent to an activating group) is 1. The zero-order valence-corrected chi connectivity index (χ0v) is 13.1. The molecule has 1 N–H and O–H groups in total. The van der Waals surface area contributed by atoms with Gasteiger partial charge in [-0.2, -0.15) is 0 Å². The van der Waals surface area contributed by atoms with Crippen LogP contribution in [-0.4, -0.2) is 38.3 Å². The van der Waals surface area contributed by atoms with Gasteiger partial charge in [0.1, 0.15) is 11.9 Å². The number of carbonyl (C=O) groups excluding carboxylic acids is 1. The minimum Gasteiger partial charge on any atom is -0.465 e. The zero-order valence-electron chi connectivity index (χ0n) is 13.1. The summed E-state index contributed by atoms with van der Waals surface area (Å²) in [5.74, 6) is -0.507. The third kappa shape index (κ3) is 5.71. The van der Waals surface area contributed by atoms with Crippen molar-refractivity contribution in [2.24, 2.45) is 0 Å². The van der Waals surface area contributed by atoms with E-state index in [0.29, 0.717) is 13.2 Å². The number of carbonyl (C=O) groups is 1. The van der Waals surface area contributed by atoms with Gasteiger partial charge in [-0.15, -0.1) is 0 Å². The molecular weight excluding hydrogens is 271 g/mol. The van der Waals surface area contributed by atoms with Crippen LogP contribution >= 0.6 is 0 Å². The minimum absolute atomic E-state index is 0.244. The van der Waals surface area contributed by atoms with Crippen LogP contribution in [0.5, 0.6) is 0 Å². The molecule has 0 amide bonds. The summed E-state index contributed by atoms with van der Waals surface area (Å²) in [6, 6.07) is 5.92. The van der Waals surface area contributed by atoms with Gasteiger partial charge in [0, 0.05) is 18.8 Å². The van der Waals surface area contributed by atoms with Crippen LogP contribution in [0.1, 0.15) is 27.2 Å². The SMILES string of the molecule is CCCNC(CN(CC)c1ccc(F)cc1)C(=O)OCC. The number of benzene rings is 1. The Kier molecular flexibility index (Phi) is 7.75. The van der Waals surface area contributed by atoms with E-state index in [1.807, 2.05) is 18.7 Å². The molecule has 0 aromatic heterocycles. The van der Waals surface area contributed by atoms with Gasteiger partial charge in [0.15, 0.2) is 0 Å². The second-order valence-corrected chi connectivity index (χ2v) is 4.77. The van der Waals surface area contributed by atoms with Crippen molar-refractivity contribution in [3.05, 3.63) is 30.1 Å². The van der Waals surface area contributed by atoms with Crippen LogP contribution in [0, 0.1) is 5.82 Å². The first-order valence-electron chi connectivity index (χ1n) is 7.52. The highest BCUT2D eigenvalue weighted by Gasteiger charge is 2.21. The molecule has 0 spiro atoms. The van der Waals surface area contributed by atoms with Crippen LogP contribution in [0.3, 0.4) is 0 Å². The fourth-order valence-corrected chi connectivity index (χ4v) is 2.07. The van der Waals surface area contributed by atoms with Crippen LogP contribution in [-0.2, 0) is 9.53 Å². The molecule has 1 aromatic rings. The second-order valence-electron chi connectivity index (χ2n) is 4.77. The van der Waals surface area contributed by atoms with Gasteiger partial charge in [-0.1, -0.05) is 6.92 Å². The van der Waals surface area contributed by atoms with Gasteiger partial charge in [-0.25, -0.2) is 4.39 Å². The first-order valence-corrected chi connectivity index (χ1v) is 7.52. The Morgan fingerprint density at radius 2 is 1.95 bits per heavy atom. The van der Waals surface area contributed by atoms with Crippen molar-refractivity contribution in [3.8, 4) is 0 Å². The fraction of sp³-hybridized carbons (Fsp3) is 0.562. The van der Waals surface area contributed by atoms with E-state index in [9.17, 15) is 9.18 Å². The molecule has 0 saturated carbocycles. The molecule has 0 fully saturated rings. The van der Waals surface area contributed by atoms with E-state index in [1.165, 1.54) is 12.1 Å². The predicted octanol–water partition coefficient (Wildman–Crippen LogP) is 2.58. The molecule has 0 aliphatic carbocycles. The normalized spacial score (nSPS) is 12.0. The lowest BCUT2D eigenvalue weighted by Gasteiger charge is -2.28. The summed E-state index contributed by atoms with van der Waals surface area (Å²) >= 11 is 0. The van der Waals surface area contributed by atoms with Gasteiger partial charge in [0.05, 0.1) is 6.61 Å². The summed E-state index contributed by atoms with van der Waals surface area (Å²) < 4.78 is 18.1. The number of hydrogen-bond donors (Lipinski definition) is 1. The van der Waals surface area contributed by atoms with E-state index in [-0.39, 0.29) is 17.8 Å². The topological polar surface area (TPSA) is 41.6 Å². The smallest absolute Gasteiger partial charge is 0.324 e. The average molecular weight is 296 g/mol. The van der Waals surface area contributed by atoms with Crippen molar-refractivity contribution in [2.45, 2.75) is 33.2 Å². The highest BCUT2D eigenvalue weighted by Crippen LogP contribution is 2.15.